The van der Waals surface area contributed by atoms with Crippen LogP contribution in [0.25, 0.3) is 0 Å². The lowest BCUT2D eigenvalue weighted by Gasteiger charge is -2.32. The van der Waals surface area contributed by atoms with E-state index in [2.05, 4.69) is 27.4 Å². The fourth-order valence-electron chi connectivity index (χ4n) is 3.72. The van der Waals surface area contributed by atoms with Crippen molar-refractivity contribution in [1.29, 1.82) is 0 Å². The summed E-state index contributed by atoms with van der Waals surface area (Å²) in [7, 11) is 0.258. The summed E-state index contributed by atoms with van der Waals surface area (Å²) in [5, 5.41) is 6.69. The first-order chi connectivity index (χ1) is 13.8. The largest absolute Gasteiger partial charge is 0.355 e. The SMILES string of the molecule is CN=C(NCc1ccccc1S(=O)(=O)N1CCN(C)CC1)NCC1(C)CCCS1.I. The molecular formula is C20H34IN5O2S2. The summed E-state index contributed by atoms with van der Waals surface area (Å²) in [4.78, 5) is 6.84. The molecule has 0 saturated carbocycles. The Morgan fingerprint density at radius 1 is 1.20 bits per heavy atom. The van der Waals surface area contributed by atoms with Crippen molar-refractivity contribution in [2.75, 3.05) is 52.6 Å². The first-order valence-electron chi connectivity index (χ1n) is 10.2. The lowest BCUT2D eigenvalue weighted by Crippen LogP contribution is -2.47. The van der Waals surface area contributed by atoms with Gasteiger partial charge in [0.25, 0.3) is 0 Å². The van der Waals surface area contributed by atoms with Crippen LogP contribution >= 0.6 is 35.7 Å². The summed E-state index contributed by atoms with van der Waals surface area (Å²) in [5.41, 5.74) is 0.760. The van der Waals surface area contributed by atoms with Gasteiger partial charge in [-0.25, -0.2) is 8.42 Å². The second kappa shape index (κ2) is 11.3. The maximum Gasteiger partial charge on any atom is 0.243 e. The van der Waals surface area contributed by atoms with E-state index in [1.54, 1.807) is 23.5 Å². The van der Waals surface area contributed by atoms with Crippen LogP contribution in [-0.2, 0) is 16.6 Å². The average molecular weight is 568 g/mol. The number of hydrogen-bond donors (Lipinski definition) is 2. The Morgan fingerprint density at radius 2 is 1.90 bits per heavy atom. The smallest absolute Gasteiger partial charge is 0.243 e. The van der Waals surface area contributed by atoms with Crippen LogP contribution in [0.5, 0.6) is 0 Å². The van der Waals surface area contributed by atoms with Crippen LogP contribution in [0.15, 0.2) is 34.2 Å². The summed E-state index contributed by atoms with van der Waals surface area (Å²) in [6, 6.07) is 7.25. The van der Waals surface area contributed by atoms with E-state index >= 15 is 0 Å². The maximum absolute atomic E-state index is 13.2. The van der Waals surface area contributed by atoms with Gasteiger partial charge < -0.3 is 15.5 Å². The first kappa shape index (κ1) is 25.7. The zero-order chi connectivity index (χ0) is 20.9. The Kier molecular flexibility index (Phi) is 9.72. The molecule has 0 radical (unpaired) electrons. The predicted molar refractivity (Wildman–Crippen MR) is 136 cm³/mol. The zero-order valence-electron chi connectivity index (χ0n) is 18.1. The van der Waals surface area contributed by atoms with Gasteiger partial charge in [-0.2, -0.15) is 16.1 Å². The van der Waals surface area contributed by atoms with Gasteiger partial charge >= 0.3 is 0 Å². The molecule has 0 bridgehead atoms. The van der Waals surface area contributed by atoms with Crippen molar-refractivity contribution in [3.8, 4) is 0 Å². The fourth-order valence-corrected chi connectivity index (χ4v) is 6.60. The minimum atomic E-state index is -3.50. The Morgan fingerprint density at radius 3 is 2.53 bits per heavy atom. The van der Waals surface area contributed by atoms with Gasteiger partial charge in [0.1, 0.15) is 0 Å². The van der Waals surface area contributed by atoms with Gasteiger partial charge in [0.05, 0.1) is 4.90 Å². The van der Waals surface area contributed by atoms with E-state index in [9.17, 15) is 8.42 Å². The molecule has 2 saturated heterocycles. The number of benzene rings is 1. The molecule has 2 fully saturated rings. The van der Waals surface area contributed by atoms with Gasteiger partial charge in [-0.1, -0.05) is 18.2 Å². The minimum absolute atomic E-state index is 0. The summed E-state index contributed by atoms with van der Waals surface area (Å²) in [6.45, 7) is 6.11. The average Bonchev–Trinajstić information content (AvgIpc) is 3.15. The third kappa shape index (κ3) is 6.47. The number of sulfonamides is 1. The molecule has 0 aromatic heterocycles. The van der Waals surface area contributed by atoms with Crippen molar-refractivity contribution in [2.45, 2.75) is 36.0 Å². The van der Waals surface area contributed by atoms with Crippen LogP contribution in [0, 0.1) is 0 Å². The highest BCUT2D eigenvalue weighted by Crippen LogP contribution is 2.36. The second-order valence-corrected chi connectivity index (χ2v) is 11.6. The number of nitrogens with one attached hydrogen (secondary N) is 2. The Balaban J connectivity index is 0.00000320. The quantitative estimate of drug-likeness (QED) is 0.312. The third-order valence-corrected chi connectivity index (χ3v) is 9.19. The summed E-state index contributed by atoms with van der Waals surface area (Å²) >= 11 is 2.00. The second-order valence-electron chi connectivity index (χ2n) is 8.00. The van der Waals surface area contributed by atoms with Crippen LogP contribution in [0.3, 0.4) is 0 Å². The van der Waals surface area contributed by atoms with E-state index in [1.807, 2.05) is 30.9 Å². The van der Waals surface area contributed by atoms with Crippen molar-refractivity contribution < 1.29 is 8.42 Å². The molecule has 0 aliphatic carbocycles. The number of halogens is 1. The van der Waals surface area contributed by atoms with Crippen LogP contribution in [0.2, 0.25) is 0 Å². The molecule has 10 heteroatoms. The molecule has 3 rings (SSSR count). The molecule has 170 valence electrons. The number of nitrogens with zero attached hydrogens (tertiary/aromatic N) is 3. The van der Waals surface area contributed by atoms with E-state index in [0.717, 1.165) is 25.2 Å². The molecule has 0 spiro atoms. The van der Waals surface area contributed by atoms with Crippen molar-refractivity contribution in [3.63, 3.8) is 0 Å². The van der Waals surface area contributed by atoms with Gasteiger partial charge in [-0.3, -0.25) is 4.99 Å². The predicted octanol–water partition coefficient (Wildman–Crippen LogP) is 2.19. The van der Waals surface area contributed by atoms with Gasteiger partial charge in [0, 0.05) is 51.1 Å². The van der Waals surface area contributed by atoms with Crippen molar-refractivity contribution in [2.24, 2.45) is 4.99 Å². The third-order valence-electron chi connectivity index (χ3n) is 5.65. The van der Waals surface area contributed by atoms with Crippen LogP contribution in [0.1, 0.15) is 25.3 Å². The molecule has 7 nitrogen and oxygen atoms in total. The molecule has 1 unspecified atom stereocenters. The van der Waals surface area contributed by atoms with E-state index in [-0.39, 0.29) is 28.7 Å². The van der Waals surface area contributed by atoms with E-state index < -0.39 is 10.0 Å². The lowest BCUT2D eigenvalue weighted by atomic mass is 10.1. The Hall–Kier alpha value is -0.560. The molecule has 1 aromatic carbocycles. The molecular weight excluding hydrogens is 533 g/mol. The van der Waals surface area contributed by atoms with Gasteiger partial charge in [0.2, 0.25) is 10.0 Å². The molecule has 2 aliphatic rings. The Bertz CT molecular complexity index is 820. The number of aliphatic imine (C=N–C) groups is 1. The standard InChI is InChI=1S/C20H33N5O2S2.HI/c1-20(9-6-14-28-20)16-23-19(21-2)22-15-17-7-4-5-8-18(17)29(26,27)25-12-10-24(3)11-13-25;/h4-5,7-8H,6,9-16H2,1-3H3,(H2,21,22,23);1H. The summed E-state index contributed by atoms with van der Waals surface area (Å²) in [6.07, 6.45) is 2.46. The molecule has 0 amide bonds. The van der Waals surface area contributed by atoms with Crippen LogP contribution in [0.4, 0.5) is 0 Å². The van der Waals surface area contributed by atoms with Crippen LogP contribution < -0.4 is 10.6 Å². The number of piperazine rings is 1. The highest BCUT2D eigenvalue weighted by molar-refractivity contribution is 14.0. The summed E-state index contributed by atoms with van der Waals surface area (Å²) in [5.74, 6) is 1.91. The molecule has 1 atom stereocenters. The number of hydrogen-bond acceptors (Lipinski definition) is 5. The molecule has 2 aliphatic heterocycles. The Labute approximate surface area is 202 Å². The zero-order valence-corrected chi connectivity index (χ0v) is 22.0. The van der Waals surface area contributed by atoms with Crippen molar-refractivity contribution in [3.05, 3.63) is 29.8 Å². The number of likely N-dealkylation sites (N-methyl/N-ethyl adjacent to an activating group) is 1. The van der Waals surface area contributed by atoms with E-state index in [4.69, 9.17) is 0 Å². The molecule has 2 heterocycles. The molecule has 1 aromatic rings. The van der Waals surface area contributed by atoms with E-state index in [1.165, 1.54) is 18.6 Å². The van der Waals surface area contributed by atoms with Crippen molar-refractivity contribution >= 4 is 51.7 Å². The van der Waals surface area contributed by atoms with Crippen molar-refractivity contribution in [1.82, 2.24) is 19.8 Å². The van der Waals surface area contributed by atoms with E-state index in [0.29, 0.717) is 30.5 Å². The minimum Gasteiger partial charge on any atom is -0.355 e. The van der Waals surface area contributed by atoms with Gasteiger partial charge in [-0.05, 0) is 44.2 Å². The highest BCUT2D eigenvalue weighted by atomic mass is 127. The van der Waals surface area contributed by atoms with Crippen LogP contribution in [-0.4, -0.2) is 80.9 Å². The highest BCUT2D eigenvalue weighted by Gasteiger charge is 2.30. The molecule has 2 N–H and O–H groups in total. The van der Waals surface area contributed by atoms with Gasteiger partial charge in [0.15, 0.2) is 5.96 Å². The lowest BCUT2D eigenvalue weighted by molar-refractivity contribution is 0.222. The fraction of sp³-hybridized carbons (Fsp3) is 0.650. The number of thioether (sulfide) groups is 1. The van der Waals surface area contributed by atoms with Gasteiger partial charge in [-0.15, -0.1) is 24.0 Å². The monoisotopic (exact) mass is 567 g/mol. The topological polar surface area (TPSA) is 77.0 Å². The number of rotatable bonds is 6. The maximum atomic E-state index is 13.2. The first-order valence-corrected chi connectivity index (χ1v) is 12.6. The molecule has 30 heavy (non-hydrogen) atoms. The normalized spacial score (nSPS) is 23.8. The summed E-state index contributed by atoms with van der Waals surface area (Å²) < 4.78 is 28.2. The number of guanidine groups is 1.